The highest BCUT2D eigenvalue weighted by molar-refractivity contribution is 5.96. The van der Waals surface area contributed by atoms with Crippen LogP contribution in [-0.2, 0) is 6.42 Å². The second kappa shape index (κ2) is 8.83. The Morgan fingerprint density at radius 3 is 2.68 bits per heavy atom. The minimum Gasteiger partial charge on any atom is -0.361 e. The number of nitrogens with zero attached hydrogens (tertiary/aromatic N) is 2. The summed E-state index contributed by atoms with van der Waals surface area (Å²) >= 11 is 0. The Balaban J connectivity index is 1.07. The molecule has 0 spiro atoms. The Morgan fingerprint density at radius 2 is 1.81 bits per heavy atom. The minimum atomic E-state index is -0.165. The van der Waals surface area contributed by atoms with Crippen molar-refractivity contribution in [1.82, 2.24) is 14.8 Å². The second-order valence-electron chi connectivity index (χ2n) is 8.96. The largest absolute Gasteiger partial charge is 0.361 e. The van der Waals surface area contributed by atoms with E-state index < -0.39 is 0 Å². The lowest BCUT2D eigenvalue weighted by Crippen LogP contribution is -2.38. The van der Waals surface area contributed by atoms with E-state index in [-0.39, 0.29) is 11.7 Å². The normalized spacial score (nSPS) is 18.0. The number of aromatic nitrogens is 1. The molecular weight excluding hydrogens is 389 g/mol. The molecule has 2 aliphatic heterocycles. The predicted octanol–water partition coefficient (Wildman–Crippen LogP) is 4.97. The van der Waals surface area contributed by atoms with E-state index >= 15 is 0 Å². The van der Waals surface area contributed by atoms with E-state index in [1.165, 1.54) is 17.2 Å². The Labute approximate surface area is 183 Å². The fraction of sp³-hybridized carbons (Fsp3) is 0.423. The number of piperidine rings is 1. The molecule has 0 bridgehead atoms. The third-order valence-corrected chi connectivity index (χ3v) is 7.04. The number of aromatic amines is 1. The standard InChI is InChI=1S/C26H30FN3O/c27-21-7-8-25-23(17-21)24(18-28-25)20-9-14-29(15-10-20)12-3-4-13-30-16-11-19-5-1-2-6-22(19)26(30)31/h1-2,5-8,17-18,20,28H,3-4,9-16H2. The third-order valence-electron chi connectivity index (χ3n) is 7.04. The van der Waals surface area contributed by atoms with Gasteiger partial charge >= 0.3 is 0 Å². The third kappa shape index (κ3) is 4.24. The molecule has 4 nitrogen and oxygen atoms in total. The maximum absolute atomic E-state index is 13.7. The maximum Gasteiger partial charge on any atom is 0.254 e. The van der Waals surface area contributed by atoms with Crippen molar-refractivity contribution in [2.45, 2.75) is 38.0 Å². The molecular formula is C26H30FN3O. The average Bonchev–Trinajstić information content (AvgIpc) is 3.21. The molecule has 31 heavy (non-hydrogen) atoms. The molecule has 5 heteroatoms. The van der Waals surface area contributed by atoms with Gasteiger partial charge in [-0.05, 0) is 93.0 Å². The number of halogens is 1. The van der Waals surface area contributed by atoms with Gasteiger partial charge in [-0.25, -0.2) is 4.39 Å². The lowest BCUT2D eigenvalue weighted by atomic mass is 9.89. The van der Waals surface area contributed by atoms with Crippen LogP contribution in [0.5, 0.6) is 0 Å². The van der Waals surface area contributed by atoms with Crippen molar-refractivity contribution < 1.29 is 9.18 Å². The fourth-order valence-electron chi connectivity index (χ4n) is 5.25. The van der Waals surface area contributed by atoms with Gasteiger partial charge in [-0.2, -0.15) is 0 Å². The monoisotopic (exact) mass is 419 g/mol. The molecule has 0 aliphatic carbocycles. The first-order valence-corrected chi connectivity index (χ1v) is 11.5. The van der Waals surface area contributed by atoms with Gasteiger partial charge in [0.2, 0.25) is 0 Å². The molecule has 3 aromatic rings. The van der Waals surface area contributed by atoms with Gasteiger partial charge in [-0.3, -0.25) is 4.79 Å². The zero-order valence-corrected chi connectivity index (χ0v) is 17.9. The van der Waals surface area contributed by atoms with Crippen LogP contribution in [0.4, 0.5) is 4.39 Å². The van der Waals surface area contributed by atoms with Gasteiger partial charge in [0.25, 0.3) is 5.91 Å². The molecule has 0 unspecified atom stereocenters. The number of H-pyrrole nitrogens is 1. The Bertz CT molecular complexity index is 1070. The van der Waals surface area contributed by atoms with Gasteiger partial charge in [-0.15, -0.1) is 0 Å². The summed E-state index contributed by atoms with van der Waals surface area (Å²) < 4.78 is 13.7. The van der Waals surface area contributed by atoms with Gasteiger partial charge in [0, 0.05) is 35.8 Å². The van der Waals surface area contributed by atoms with E-state index in [1.807, 2.05) is 29.2 Å². The summed E-state index contributed by atoms with van der Waals surface area (Å²) in [4.78, 5) is 20.5. The molecule has 0 radical (unpaired) electrons. The van der Waals surface area contributed by atoms with Gasteiger partial charge < -0.3 is 14.8 Å². The van der Waals surface area contributed by atoms with Crippen molar-refractivity contribution in [2.24, 2.45) is 0 Å². The van der Waals surface area contributed by atoms with Crippen LogP contribution in [0, 0.1) is 5.82 Å². The van der Waals surface area contributed by atoms with Crippen LogP contribution in [-0.4, -0.2) is 53.4 Å². The smallest absolute Gasteiger partial charge is 0.254 e. The van der Waals surface area contributed by atoms with Crippen LogP contribution in [0.1, 0.15) is 53.1 Å². The topological polar surface area (TPSA) is 39.3 Å². The Hall–Kier alpha value is -2.66. The molecule has 5 rings (SSSR count). The molecule has 0 saturated carbocycles. The number of carbonyl (C=O) groups is 1. The summed E-state index contributed by atoms with van der Waals surface area (Å²) in [6, 6.07) is 13.0. The van der Waals surface area contributed by atoms with Gasteiger partial charge in [0.05, 0.1) is 0 Å². The molecule has 1 fully saturated rings. The van der Waals surface area contributed by atoms with Crippen LogP contribution in [0.25, 0.3) is 10.9 Å². The number of benzene rings is 2. The number of rotatable bonds is 6. The quantitative estimate of drug-likeness (QED) is 0.573. The van der Waals surface area contributed by atoms with Crippen LogP contribution in [0.3, 0.4) is 0 Å². The Morgan fingerprint density at radius 1 is 1.00 bits per heavy atom. The highest BCUT2D eigenvalue weighted by Gasteiger charge is 2.24. The van der Waals surface area contributed by atoms with E-state index in [9.17, 15) is 9.18 Å². The van der Waals surface area contributed by atoms with E-state index in [2.05, 4.69) is 22.1 Å². The molecule has 1 aromatic heterocycles. The van der Waals surface area contributed by atoms with Crippen LogP contribution in [0.2, 0.25) is 0 Å². The zero-order chi connectivity index (χ0) is 21.2. The zero-order valence-electron chi connectivity index (χ0n) is 17.9. The minimum absolute atomic E-state index is 0.165. The van der Waals surface area contributed by atoms with E-state index in [1.54, 1.807) is 6.07 Å². The van der Waals surface area contributed by atoms with E-state index in [0.717, 1.165) is 81.3 Å². The highest BCUT2D eigenvalue weighted by Crippen LogP contribution is 2.33. The summed E-state index contributed by atoms with van der Waals surface area (Å²) in [6.45, 7) is 4.95. The van der Waals surface area contributed by atoms with Crippen molar-refractivity contribution in [3.63, 3.8) is 0 Å². The van der Waals surface area contributed by atoms with Crippen LogP contribution >= 0.6 is 0 Å². The number of fused-ring (bicyclic) bond motifs is 2. The molecule has 2 aromatic carbocycles. The average molecular weight is 420 g/mol. The number of likely N-dealkylation sites (tertiary alicyclic amines) is 1. The van der Waals surface area contributed by atoms with Crippen LogP contribution in [0.15, 0.2) is 48.7 Å². The first-order chi connectivity index (χ1) is 15.2. The van der Waals surface area contributed by atoms with Gasteiger partial charge in [-0.1, -0.05) is 18.2 Å². The lowest BCUT2D eigenvalue weighted by Gasteiger charge is -2.32. The molecule has 1 saturated heterocycles. The van der Waals surface area contributed by atoms with Gasteiger partial charge in [0.15, 0.2) is 0 Å². The van der Waals surface area contributed by atoms with Crippen molar-refractivity contribution in [2.75, 3.05) is 32.7 Å². The number of amides is 1. The number of carbonyl (C=O) groups excluding carboxylic acids is 1. The van der Waals surface area contributed by atoms with E-state index in [4.69, 9.17) is 0 Å². The SMILES string of the molecule is O=C1c2ccccc2CCN1CCCCN1CCC(c2c[nH]c3ccc(F)cc23)CC1. The van der Waals surface area contributed by atoms with E-state index in [0.29, 0.717) is 5.92 Å². The number of hydrogen-bond donors (Lipinski definition) is 1. The summed E-state index contributed by atoms with van der Waals surface area (Å²) in [7, 11) is 0. The van der Waals surface area contributed by atoms with Crippen LogP contribution < -0.4 is 0 Å². The van der Waals surface area contributed by atoms with Crippen molar-refractivity contribution in [3.05, 3.63) is 71.2 Å². The predicted molar refractivity (Wildman–Crippen MR) is 122 cm³/mol. The molecule has 1 N–H and O–H groups in total. The first-order valence-electron chi connectivity index (χ1n) is 11.5. The second-order valence-corrected chi connectivity index (χ2v) is 8.96. The highest BCUT2D eigenvalue weighted by atomic mass is 19.1. The molecule has 2 aliphatic rings. The van der Waals surface area contributed by atoms with Crippen molar-refractivity contribution >= 4 is 16.8 Å². The number of unbranched alkanes of at least 4 members (excludes halogenated alkanes) is 1. The lowest BCUT2D eigenvalue weighted by molar-refractivity contribution is 0.0734. The Kier molecular flexibility index (Phi) is 5.77. The van der Waals surface area contributed by atoms with Crippen molar-refractivity contribution in [1.29, 1.82) is 0 Å². The number of nitrogens with one attached hydrogen (secondary N) is 1. The summed E-state index contributed by atoms with van der Waals surface area (Å²) in [5, 5.41) is 1.03. The molecule has 0 atom stereocenters. The summed E-state index contributed by atoms with van der Waals surface area (Å²) in [5.41, 5.74) is 4.35. The fourth-order valence-corrected chi connectivity index (χ4v) is 5.25. The summed E-state index contributed by atoms with van der Waals surface area (Å²) in [6.07, 6.45) is 7.44. The number of hydrogen-bond acceptors (Lipinski definition) is 2. The first kappa shape index (κ1) is 20.3. The van der Waals surface area contributed by atoms with Crippen molar-refractivity contribution in [3.8, 4) is 0 Å². The molecule has 162 valence electrons. The molecule has 3 heterocycles. The summed E-state index contributed by atoms with van der Waals surface area (Å²) in [5.74, 6) is 0.525. The van der Waals surface area contributed by atoms with Gasteiger partial charge in [0.1, 0.15) is 5.82 Å². The molecule has 1 amide bonds. The maximum atomic E-state index is 13.7.